The number of methoxy groups -OCH3 is 1. The average molecular weight is 354 g/mol. The van der Waals surface area contributed by atoms with Gasteiger partial charge in [-0.2, -0.15) is 0 Å². The van der Waals surface area contributed by atoms with Gasteiger partial charge in [0.05, 0.1) is 6.61 Å². The topological polar surface area (TPSA) is 80.2 Å². The summed E-state index contributed by atoms with van der Waals surface area (Å²) in [5.74, 6) is -0.457. The fraction of sp³-hybridized carbons (Fsp3) is 0.500. The fourth-order valence-corrected chi connectivity index (χ4v) is 4.60. The maximum absolute atomic E-state index is 14.6. The predicted octanol–water partition coefficient (Wildman–Crippen LogP) is 2.79. The number of carbonyl (C=O) groups is 1. The van der Waals surface area contributed by atoms with Gasteiger partial charge in [-0.15, -0.1) is 0 Å². The van der Waals surface area contributed by atoms with Crippen molar-refractivity contribution in [3.8, 4) is 0 Å². The van der Waals surface area contributed by atoms with Gasteiger partial charge in [0.25, 0.3) is 0 Å². The van der Waals surface area contributed by atoms with Gasteiger partial charge in [-0.05, 0) is 6.07 Å². The first-order chi connectivity index (χ1) is 11.5. The summed E-state index contributed by atoms with van der Waals surface area (Å²) >= 11 is 1.32. The molecule has 1 amide bonds. The minimum Gasteiger partial charge on any atom is -0.465 e. The number of amidine groups is 1. The van der Waals surface area contributed by atoms with Gasteiger partial charge in [0.1, 0.15) is 11.4 Å². The highest BCUT2D eigenvalue weighted by atomic mass is 32.2. The highest BCUT2D eigenvalue weighted by molar-refractivity contribution is 8.14. The molecular weight excluding hydrogens is 335 g/mol. The number of rotatable bonds is 2. The molecule has 1 unspecified atom stereocenters. The van der Waals surface area contributed by atoms with E-state index in [9.17, 15) is 9.18 Å². The van der Waals surface area contributed by atoms with Crippen molar-refractivity contribution in [3.63, 3.8) is 0 Å². The molecule has 4 atom stereocenters. The molecule has 8 heteroatoms. The summed E-state index contributed by atoms with van der Waals surface area (Å²) in [5.41, 5.74) is -0.482. The Morgan fingerprint density at radius 1 is 1.54 bits per heavy atom. The number of halogens is 1. The monoisotopic (exact) mass is 354 g/mol. The second-order valence-corrected chi connectivity index (χ2v) is 7.25. The Labute approximate surface area is 143 Å². The Kier molecular flexibility index (Phi) is 4.80. The Morgan fingerprint density at radius 2 is 2.29 bits per heavy atom. The summed E-state index contributed by atoms with van der Waals surface area (Å²) in [6.45, 7) is 2.34. The molecule has 0 saturated carbocycles. The number of carboxylic acid groups (broad SMARTS) is 1. The summed E-state index contributed by atoms with van der Waals surface area (Å²) in [5, 5.41) is 11.6. The molecule has 130 valence electrons. The second kappa shape index (κ2) is 6.70. The summed E-state index contributed by atoms with van der Waals surface area (Å²) in [4.78, 5) is 15.7. The number of ether oxygens (including phenoxy) is 2. The number of hydrogen-bond donors (Lipinski definition) is 2. The van der Waals surface area contributed by atoms with Gasteiger partial charge in [0.15, 0.2) is 11.5 Å². The third-order valence-electron chi connectivity index (χ3n) is 4.54. The smallest absolute Gasteiger partial charge is 0.410 e. The molecule has 1 aromatic rings. The van der Waals surface area contributed by atoms with E-state index < -0.39 is 17.9 Å². The molecule has 0 bridgehead atoms. The van der Waals surface area contributed by atoms with Crippen LogP contribution in [0.25, 0.3) is 0 Å². The first-order valence-electron chi connectivity index (χ1n) is 7.62. The van der Waals surface area contributed by atoms with Crippen LogP contribution in [0.4, 0.5) is 9.18 Å². The number of aliphatic imine (C=N–C) groups is 1. The normalized spacial score (nSPS) is 32.6. The molecule has 1 saturated heterocycles. The van der Waals surface area contributed by atoms with Crippen LogP contribution in [0.3, 0.4) is 0 Å². The third kappa shape index (κ3) is 3.01. The van der Waals surface area contributed by atoms with Crippen molar-refractivity contribution in [2.45, 2.75) is 30.4 Å². The zero-order chi connectivity index (χ0) is 17.3. The molecule has 2 aliphatic rings. The van der Waals surface area contributed by atoms with Crippen LogP contribution in [0.1, 0.15) is 18.9 Å². The van der Waals surface area contributed by atoms with Crippen LogP contribution in [0.15, 0.2) is 29.3 Å². The summed E-state index contributed by atoms with van der Waals surface area (Å²) < 4.78 is 25.6. The molecule has 3 rings (SSSR count). The summed E-state index contributed by atoms with van der Waals surface area (Å²) in [6.07, 6.45) is -1.39. The molecule has 0 radical (unpaired) electrons. The Hall–Kier alpha value is -1.64. The molecular formula is C16H19FN2O4S. The molecule has 2 N–H and O–H groups in total. The molecule has 2 heterocycles. The lowest BCUT2D eigenvalue weighted by atomic mass is 9.73. The van der Waals surface area contributed by atoms with E-state index >= 15 is 0 Å². The Morgan fingerprint density at radius 3 is 2.96 bits per heavy atom. The third-order valence-corrected chi connectivity index (χ3v) is 5.65. The number of amides is 1. The molecule has 0 spiro atoms. The SMILES string of the molecule is CO[C@H]1C[C@]2(c3ccccc3F)N=C(NC(=O)O)SC(C)[C@@H]2CO1. The molecule has 1 fully saturated rings. The second-order valence-electron chi connectivity index (χ2n) is 5.88. The quantitative estimate of drug-likeness (QED) is 0.854. The number of nitrogens with one attached hydrogen (secondary N) is 1. The first-order valence-corrected chi connectivity index (χ1v) is 8.50. The van der Waals surface area contributed by atoms with Crippen LogP contribution in [0, 0.1) is 11.7 Å². The van der Waals surface area contributed by atoms with E-state index in [-0.39, 0.29) is 22.2 Å². The lowest BCUT2D eigenvalue weighted by Crippen LogP contribution is -2.53. The maximum Gasteiger partial charge on any atom is 0.410 e. The average Bonchev–Trinajstić information content (AvgIpc) is 2.53. The lowest BCUT2D eigenvalue weighted by Gasteiger charge is -2.48. The summed E-state index contributed by atoms with van der Waals surface area (Å²) in [6, 6.07) is 6.47. The largest absolute Gasteiger partial charge is 0.465 e. The van der Waals surface area contributed by atoms with Crippen molar-refractivity contribution < 1.29 is 23.8 Å². The molecule has 2 aliphatic heterocycles. The number of hydrogen-bond acceptors (Lipinski definition) is 5. The van der Waals surface area contributed by atoms with Crippen LogP contribution < -0.4 is 5.32 Å². The van der Waals surface area contributed by atoms with Crippen molar-refractivity contribution in [2.24, 2.45) is 10.9 Å². The van der Waals surface area contributed by atoms with Gasteiger partial charge < -0.3 is 14.6 Å². The zero-order valence-electron chi connectivity index (χ0n) is 13.4. The standard InChI is InChI=1S/C16H19FN2O4S/c1-9-11-8-23-13(22-2)7-16(11,10-5-3-4-6-12(10)17)19-14(24-9)18-15(20)21/h3-6,9,11,13H,7-8H2,1-2H3,(H,18,19)(H,20,21)/t9?,11-,13+,16+/m0/s1. The number of nitrogens with zero attached hydrogens (tertiary/aromatic N) is 1. The van der Waals surface area contributed by atoms with E-state index in [0.29, 0.717) is 18.6 Å². The van der Waals surface area contributed by atoms with Gasteiger partial charge in [-0.1, -0.05) is 36.9 Å². The fourth-order valence-electron chi connectivity index (χ4n) is 3.41. The number of thioether (sulfide) groups is 1. The van der Waals surface area contributed by atoms with E-state index in [0.717, 1.165) is 0 Å². The lowest BCUT2D eigenvalue weighted by molar-refractivity contribution is -0.183. The molecule has 0 aliphatic carbocycles. The van der Waals surface area contributed by atoms with Crippen molar-refractivity contribution in [2.75, 3.05) is 13.7 Å². The van der Waals surface area contributed by atoms with Crippen LogP contribution in [0.5, 0.6) is 0 Å². The van der Waals surface area contributed by atoms with Crippen molar-refractivity contribution >= 4 is 23.0 Å². The minimum atomic E-state index is -1.19. The van der Waals surface area contributed by atoms with Crippen LogP contribution in [-0.4, -0.2) is 41.6 Å². The zero-order valence-corrected chi connectivity index (χ0v) is 14.2. The number of benzene rings is 1. The van der Waals surface area contributed by atoms with E-state index in [4.69, 9.17) is 14.6 Å². The van der Waals surface area contributed by atoms with Gasteiger partial charge in [0.2, 0.25) is 0 Å². The van der Waals surface area contributed by atoms with E-state index in [1.165, 1.54) is 24.9 Å². The highest BCUT2D eigenvalue weighted by Crippen LogP contribution is 2.50. The van der Waals surface area contributed by atoms with Crippen LogP contribution in [0.2, 0.25) is 0 Å². The van der Waals surface area contributed by atoms with Crippen LogP contribution in [-0.2, 0) is 15.0 Å². The Balaban J connectivity index is 2.14. The first kappa shape index (κ1) is 17.2. The predicted molar refractivity (Wildman–Crippen MR) is 88.6 cm³/mol. The van der Waals surface area contributed by atoms with Crippen molar-refractivity contribution in [1.82, 2.24) is 5.32 Å². The van der Waals surface area contributed by atoms with Gasteiger partial charge >= 0.3 is 6.09 Å². The van der Waals surface area contributed by atoms with Gasteiger partial charge in [0, 0.05) is 30.3 Å². The van der Waals surface area contributed by atoms with E-state index in [2.05, 4.69) is 10.3 Å². The highest BCUT2D eigenvalue weighted by Gasteiger charge is 2.52. The Bertz CT molecular complexity index is 671. The van der Waals surface area contributed by atoms with E-state index in [1.54, 1.807) is 18.2 Å². The summed E-state index contributed by atoms with van der Waals surface area (Å²) in [7, 11) is 1.53. The molecule has 24 heavy (non-hydrogen) atoms. The van der Waals surface area contributed by atoms with Crippen LogP contribution >= 0.6 is 11.8 Å². The van der Waals surface area contributed by atoms with Gasteiger partial charge in [-0.25, -0.2) is 14.2 Å². The molecule has 6 nitrogen and oxygen atoms in total. The molecule has 0 aromatic heterocycles. The van der Waals surface area contributed by atoms with Crippen molar-refractivity contribution in [3.05, 3.63) is 35.6 Å². The minimum absolute atomic E-state index is 0.00163. The number of fused-ring (bicyclic) bond motifs is 1. The van der Waals surface area contributed by atoms with Gasteiger partial charge in [-0.3, -0.25) is 5.32 Å². The maximum atomic E-state index is 14.6. The van der Waals surface area contributed by atoms with E-state index in [1.807, 2.05) is 6.92 Å². The van der Waals surface area contributed by atoms with Crippen molar-refractivity contribution in [1.29, 1.82) is 0 Å². The molecule has 1 aromatic carbocycles.